The molecular formula is C14H21N3OS. The third-order valence-corrected chi connectivity index (χ3v) is 4.94. The minimum atomic E-state index is 0.273. The summed E-state index contributed by atoms with van der Waals surface area (Å²) in [7, 11) is 0. The van der Waals surface area contributed by atoms with Crippen molar-refractivity contribution < 1.29 is 5.21 Å². The summed E-state index contributed by atoms with van der Waals surface area (Å²) in [5.74, 6) is 0.379. The molecule has 2 saturated carbocycles. The van der Waals surface area contributed by atoms with Crippen LogP contribution in [0.2, 0.25) is 0 Å². The van der Waals surface area contributed by atoms with E-state index in [4.69, 9.17) is 10.9 Å². The van der Waals surface area contributed by atoms with E-state index in [1.807, 2.05) is 0 Å². The van der Waals surface area contributed by atoms with Crippen molar-refractivity contribution in [1.29, 1.82) is 0 Å². The molecule has 1 heterocycles. The van der Waals surface area contributed by atoms with Crippen molar-refractivity contribution in [2.24, 2.45) is 16.3 Å². The number of oxime groups is 1. The van der Waals surface area contributed by atoms with E-state index < -0.39 is 0 Å². The molecule has 0 atom stereocenters. The fourth-order valence-electron chi connectivity index (χ4n) is 2.79. The fraction of sp³-hybridized carbons (Fsp3) is 0.643. The summed E-state index contributed by atoms with van der Waals surface area (Å²) in [4.78, 5) is 2.60. The normalized spacial score (nSPS) is 21.8. The Labute approximate surface area is 117 Å². The zero-order chi connectivity index (χ0) is 13.3. The van der Waals surface area contributed by atoms with E-state index in [9.17, 15) is 0 Å². The molecule has 0 radical (unpaired) electrons. The molecule has 0 unspecified atom stereocenters. The Balaban J connectivity index is 1.62. The Kier molecular flexibility index (Phi) is 3.50. The van der Waals surface area contributed by atoms with Crippen molar-refractivity contribution in [2.75, 3.05) is 6.54 Å². The molecule has 4 nitrogen and oxygen atoms in total. The Bertz CT molecular complexity index is 449. The molecule has 0 spiro atoms. The van der Waals surface area contributed by atoms with Gasteiger partial charge in [0.15, 0.2) is 0 Å². The second kappa shape index (κ2) is 5.13. The Morgan fingerprint density at radius 3 is 2.84 bits per heavy atom. The van der Waals surface area contributed by atoms with Gasteiger partial charge in [-0.25, -0.2) is 0 Å². The summed E-state index contributed by atoms with van der Waals surface area (Å²) in [6.07, 6.45) is 5.79. The van der Waals surface area contributed by atoms with Crippen LogP contribution in [0.3, 0.4) is 0 Å². The fourth-order valence-corrected chi connectivity index (χ4v) is 3.45. The maximum absolute atomic E-state index is 8.74. The molecular weight excluding hydrogens is 258 g/mol. The van der Waals surface area contributed by atoms with Crippen molar-refractivity contribution >= 4 is 17.2 Å². The smallest absolute Gasteiger partial charge is 0.139 e. The number of nitrogens with two attached hydrogens (primary N) is 1. The molecule has 5 heteroatoms. The van der Waals surface area contributed by atoms with E-state index in [-0.39, 0.29) is 5.41 Å². The van der Waals surface area contributed by atoms with E-state index in [1.165, 1.54) is 31.2 Å². The van der Waals surface area contributed by atoms with Gasteiger partial charge in [-0.3, -0.25) is 4.90 Å². The Morgan fingerprint density at radius 1 is 1.53 bits per heavy atom. The number of rotatable bonds is 7. The van der Waals surface area contributed by atoms with E-state index in [1.54, 1.807) is 11.3 Å². The molecule has 1 aromatic rings. The third-order valence-electron chi connectivity index (χ3n) is 4.21. The van der Waals surface area contributed by atoms with Crippen LogP contribution in [-0.4, -0.2) is 28.5 Å². The van der Waals surface area contributed by atoms with Gasteiger partial charge in [0.25, 0.3) is 0 Å². The quantitative estimate of drug-likeness (QED) is 0.349. The standard InChI is InChI=1S/C14H21N3OS/c15-13(16-18)7-14(4-5-14)10-17(12-1-2-12)8-11-3-6-19-9-11/h3,6,9,12,18H,1-2,4-5,7-8,10H2,(H2,15,16). The maximum atomic E-state index is 8.74. The lowest BCUT2D eigenvalue weighted by atomic mass is 10.0. The van der Waals surface area contributed by atoms with Crippen LogP contribution in [0.5, 0.6) is 0 Å². The zero-order valence-electron chi connectivity index (χ0n) is 11.1. The van der Waals surface area contributed by atoms with E-state index in [0.717, 1.165) is 25.6 Å². The lowest BCUT2D eigenvalue weighted by Gasteiger charge is -2.27. The van der Waals surface area contributed by atoms with Gasteiger partial charge in [0.1, 0.15) is 5.84 Å². The molecule has 2 aliphatic rings. The van der Waals surface area contributed by atoms with Gasteiger partial charge in [-0.2, -0.15) is 11.3 Å². The first-order chi connectivity index (χ1) is 9.21. The minimum Gasteiger partial charge on any atom is -0.409 e. The van der Waals surface area contributed by atoms with Crippen molar-refractivity contribution in [3.8, 4) is 0 Å². The highest BCUT2D eigenvalue weighted by Crippen LogP contribution is 2.50. The third kappa shape index (κ3) is 3.28. The predicted octanol–water partition coefficient (Wildman–Crippen LogP) is 2.63. The van der Waals surface area contributed by atoms with Gasteiger partial charge in [-0.15, -0.1) is 0 Å². The van der Waals surface area contributed by atoms with Crippen molar-refractivity contribution in [2.45, 2.75) is 44.7 Å². The summed E-state index contributed by atoms with van der Waals surface area (Å²) < 4.78 is 0. The van der Waals surface area contributed by atoms with Crippen LogP contribution in [0, 0.1) is 5.41 Å². The SMILES string of the molecule is NC(CC1(CN(Cc2ccsc2)C2CC2)CC1)=NO. The first-order valence-electron chi connectivity index (χ1n) is 6.92. The van der Waals surface area contributed by atoms with Gasteiger partial charge in [-0.05, 0) is 53.5 Å². The summed E-state index contributed by atoms with van der Waals surface area (Å²) in [6, 6.07) is 2.97. The molecule has 2 fully saturated rings. The number of thiophene rings is 1. The number of nitrogens with zero attached hydrogens (tertiary/aromatic N) is 2. The molecule has 3 rings (SSSR count). The highest BCUT2D eigenvalue weighted by molar-refractivity contribution is 7.07. The predicted molar refractivity (Wildman–Crippen MR) is 77.4 cm³/mol. The highest BCUT2D eigenvalue weighted by Gasteiger charge is 2.46. The molecule has 0 aliphatic heterocycles. The minimum absolute atomic E-state index is 0.273. The molecule has 0 saturated heterocycles. The summed E-state index contributed by atoms with van der Waals surface area (Å²) in [6.45, 7) is 2.13. The van der Waals surface area contributed by atoms with Gasteiger partial charge in [-0.1, -0.05) is 5.16 Å². The second-order valence-electron chi connectivity index (χ2n) is 6.04. The second-order valence-corrected chi connectivity index (χ2v) is 6.82. The van der Waals surface area contributed by atoms with Crippen LogP contribution in [0.15, 0.2) is 22.0 Å². The van der Waals surface area contributed by atoms with Crippen molar-refractivity contribution in [3.05, 3.63) is 22.4 Å². The molecule has 0 aromatic carbocycles. The number of hydrogen-bond donors (Lipinski definition) is 2. The average molecular weight is 279 g/mol. The maximum Gasteiger partial charge on any atom is 0.139 e. The van der Waals surface area contributed by atoms with Gasteiger partial charge < -0.3 is 10.9 Å². The van der Waals surface area contributed by atoms with Gasteiger partial charge >= 0.3 is 0 Å². The summed E-state index contributed by atoms with van der Waals surface area (Å²) in [5.41, 5.74) is 7.37. The zero-order valence-corrected chi connectivity index (χ0v) is 11.9. The van der Waals surface area contributed by atoms with Crippen LogP contribution in [0.25, 0.3) is 0 Å². The Morgan fingerprint density at radius 2 is 2.32 bits per heavy atom. The van der Waals surface area contributed by atoms with Crippen LogP contribution in [0.4, 0.5) is 0 Å². The topological polar surface area (TPSA) is 61.8 Å². The Hall–Kier alpha value is -1.07. The van der Waals surface area contributed by atoms with Crippen LogP contribution < -0.4 is 5.73 Å². The van der Waals surface area contributed by atoms with Crippen LogP contribution in [-0.2, 0) is 6.54 Å². The number of hydrogen-bond acceptors (Lipinski definition) is 4. The molecule has 104 valence electrons. The number of amidine groups is 1. The van der Waals surface area contributed by atoms with Crippen LogP contribution in [0.1, 0.15) is 37.7 Å². The largest absolute Gasteiger partial charge is 0.409 e. The van der Waals surface area contributed by atoms with E-state index >= 15 is 0 Å². The monoisotopic (exact) mass is 279 g/mol. The van der Waals surface area contributed by atoms with E-state index in [2.05, 4.69) is 26.9 Å². The highest BCUT2D eigenvalue weighted by atomic mass is 32.1. The summed E-state index contributed by atoms with van der Waals surface area (Å²) >= 11 is 1.76. The molecule has 0 amide bonds. The van der Waals surface area contributed by atoms with Gasteiger partial charge in [0.05, 0.1) is 0 Å². The molecule has 2 aliphatic carbocycles. The van der Waals surface area contributed by atoms with Crippen molar-refractivity contribution in [1.82, 2.24) is 4.90 Å². The first-order valence-corrected chi connectivity index (χ1v) is 7.87. The molecule has 19 heavy (non-hydrogen) atoms. The lowest BCUT2D eigenvalue weighted by Crippen LogP contribution is -2.34. The molecule has 1 aromatic heterocycles. The van der Waals surface area contributed by atoms with Gasteiger partial charge in [0.2, 0.25) is 0 Å². The summed E-state index contributed by atoms with van der Waals surface area (Å²) in [5, 5.41) is 16.3. The molecule has 0 bridgehead atoms. The van der Waals surface area contributed by atoms with Crippen molar-refractivity contribution in [3.63, 3.8) is 0 Å². The average Bonchev–Trinajstić information content (AvgIpc) is 3.31. The lowest BCUT2D eigenvalue weighted by molar-refractivity contribution is 0.203. The molecule has 3 N–H and O–H groups in total. The van der Waals surface area contributed by atoms with Gasteiger partial charge in [0, 0.05) is 25.6 Å². The first kappa shape index (κ1) is 12.9. The van der Waals surface area contributed by atoms with Crippen LogP contribution >= 0.6 is 11.3 Å². The van der Waals surface area contributed by atoms with E-state index in [0.29, 0.717) is 5.84 Å².